The van der Waals surface area contributed by atoms with Crippen LogP contribution < -0.4 is 0 Å². The zero-order valence-corrected chi connectivity index (χ0v) is 10.6. The fraction of sp³-hybridized carbons (Fsp3) is 0. The van der Waals surface area contributed by atoms with Crippen LogP contribution in [-0.4, -0.2) is 64.4 Å². The van der Waals surface area contributed by atoms with Crippen LogP contribution in [0.5, 0.6) is 0 Å². The molecule has 0 unspecified atom stereocenters. The van der Waals surface area contributed by atoms with Crippen molar-refractivity contribution in [3.8, 4) is 0 Å². The maximum absolute atomic E-state index is 8.67. The molecule has 0 amide bonds. The Labute approximate surface area is 98.1 Å². The molecule has 0 atom stereocenters. The van der Waals surface area contributed by atoms with Crippen molar-refractivity contribution in [2.75, 3.05) is 0 Å². The molecule has 0 saturated heterocycles. The predicted octanol–water partition coefficient (Wildman–Crippen LogP) is -1.34. The number of rotatable bonds is 0. The summed E-state index contributed by atoms with van der Waals surface area (Å²) < 4.78 is 68.5. The summed E-state index contributed by atoms with van der Waals surface area (Å²) in [4.78, 5) is 0. The molecule has 0 fully saturated rings. The third-order valence-corrected chi connectivity index (χ3v) is 0. The summed E-state index contributed by atoms with van der Waals surface area (Å²) in [5.74, 6) is 0. The van der Waals surface area contributed by atoms with E-state index in [2.05, 4.69) is 0 Å². The van der Waals surface area contributed by atoms with Crippen molar-refractivity contribution in [1.82, 2.24) is 0 Å². The molecule has 9 nitrogen and oxygen atoms in total. The molecule has 83 valence electrons. The van der Waals surface area contributed by atoms with E-state index in [1.54, 1.807) is 0 Å². The molecule has 0 aliphatic rings. The SMILES string of the molecule is O=S(O)O.O=S(O)O.O=S(O)O.[Sb]. The maximum atomic E-state index is 8.67. The first-order chi connectivity index (χ1) is 5.20. The van der Waals surface area contributed by atoms with E-state index in [9.17, 15) is 0 Å². The predicted molar refractivity (Wildman–Crippen MR) is 46.0 cm³/mol. The van der Waals surface area contributed by atoms with Crippen LogP contribution in [0.4, 0.5) is 0 Å². The smallest absolute Gasteiger partial charge is 0.284 e. The third kappa shape index (κ3) is 1500. The van der Waals surface area contributed by atoms with Crippen molar-refractivity contribution in [3.05, 3.63) is 0 Å². The molecule has 0 aromatic carbocycles. The van der Waals surface area contributed by atoms with Gasteiger partial charge in [-0.05, 0) is 0 Å². The molecule has 0 aliphatic carbocycles. The molecule has 0 spiro atoms. The summed E-state index contributed by atoms with van der Waals surface area (Å²) in [6.45, 7) is 0. The Hall–Kier alpha value is 1.03. The van der Waals surface area contributed by atoms with Crippen LogP contribution >= 0.6 is 0 Å². The van der Waals surface area contributed by atoms with Gasteiger partial charge in [0.15, 0.2) is 0 Å². The summed E-state index contributed by atoms with van der Waals surface area (Å²) in [5.41, 5.74) is 0. The second-order valence-corrected chi connectivity index (χ2v) is 2.08. The van der Waals surface area contributed by atoms with Crippen LogP contribution in [0, 0.1) is 0 Å². The van der Waals surface area contributed by atoms with Gasteiger partial charge in [0.25, 0.3) is 34.1 Å². The molecule has 0 bridgehead atoms. The Morgan fingerprint density at radius 3 is 0.538 bits per heavy atom. The molecule has 6 N–H and O–H groups in total. The van der Waals surface area contributed by atoms with Gasteiger partial charge in [-0.25, -0.2) is 0 Å². The monoisotopic (exact) mass is 367 g/mol. The van der Waals surface area contributed by atoms with Gasteiger partial charge in [-0.2, -0.15) is 12.6 Å². The van der Waals surface area contributed by atoms with E-state index >= 15 is 0 Å². The second-order valence-electron chi connectivity index (χ2n) is 0.692. The average molecular weight is 368 g/mol. The van der Waals surface area contributed by atoms with E-state index in [0.717, 1.165) is 0 Å². The second kappa shape index (κ2) is 18.7. The van der Waals surface area contributed by atoms with Gasteiger partial charge >= 0.3 is 0 Å². The molecule has 0 aliphatic heterocycles. The Morgan fingerprint density at radius 1 is 0.538 bits per heavy atom. The van der Waals surface area contributed by atoms with Crippen LogP contribution in [0.2, 0.25) is 0 Å². The van der Waals surface area contributed by atoms with Crippen LogP contribution in [0.1, 0.15) is 0 Å². The van der Waals surface area contributed by atoms with E-state index in [1.807, 2.05) is 0 Å². The minimum Gasteiger partial charge on any atom is -0.284 e. The van der Waals surface area contributed by atoms with Gasteiger partial charge in [0.1, 0.15) is 0 Å². The van der Waals surface area contributed by atoms with E-state index in [-0.39, 0.29) is 24.4 Å². The van der Waals surface area contributed by atoms with E-state index in [1.165, 1.54) is 0 Å². The number of hydrogen-bond acceptors (Lipinski definition) is 3. The summed E-state index contributed by atoms with van der Waals surface area (Å²) >= 11 is -7.83. The summed E-state index contributed by atoms with van der Waals surface area (Å²) in [6, 6.07) is 0. The zero-order chi connectivity index (χ0) is 10.7. The van der Waals surface area contributed by atoms with Gasteiger partial charge in [-0.15, -0.1) is 0 Å². The average Bonchev–Trinajstić information content (AvgIpc) is 1.54. The van der Waals surface area contributed by atoms with Gasteiger partial charge in [-0.1, -0.05) is 0 Å². The molecule has 0 aromatic heterocycles. The molecule has 0 heterocycles. The molecule has 13 heavy (non-hydrogen) atoms. The Bertz CT molecular complexity index is 112. The van der Waals surface area contributed by atoms with Gasteiger partial charge in [0.2, 0.25) is 0 Å². The largest absolute Gasteiger partial charge is 0.299 e. The van der Waals surface area contributed by atoms with Crippen molar-refractivity contribution >= 4 is 58.5 Å². The maximum Gasteiger partial charge on any atom is 0.299 e. The van der Waals surface area contributed by atoms with Crippen molar-refractivity contribution in [2.45, 2.75) is 0 Å². The molecule has 0 aromatic rings. The van der Waals surface area contributed by atoms with Crippen LogP contribution in [0.25, 0.3) is 0 Å². The van der Waals surface area contributed by atoms with Gasteiger partial charge in [0.05, 0.1) is 0 Å². The first-order valence-electron chi connectivity index (χ1n) is 1.60. The Morgan fingerprint density at radius 2 is 0.538 bits per heavy atom. The molecule has 0 rings (SSSR count). The fourth-order valence-corrected chi connectivity index (χ4v) is 0. The zero-order valence-electron chi connectivity index (χ0n) is 5.58. The third-order valence-electron chi connectivity index (χ3n) is 0. The van der Waals surface area contributed by atoms with Crippen molar-refractivity contribution in [1.29, 1.82) is 0 Å². The van der Waals surface area contributed by atoms with E-state index in [4.69, 9.17) is 39.9 Å². The minimum atomic E-state index is -2.61. The standard InChI is InChI=1S/3H2O3S.Sb/c3*1-4(2)3;/h3*(H2,1,2,3);. The minimum absolute atomic E-state index is 0. The first-order valence-corrected chi connectivity index (χ1v) is 4.79. The molecular weight excluding hydrogens is 362 g/mol. The molecule has 13 heteroatoms. The van der Waals surface area contributed by atoms with E-state index < -0.39 is 34.1 Å². The fourth-order valence-electron chi connectivity index (χ4n) is 0. The summed E-state index contributed by atoms with van der Waals surface area (Å²) in [5, 5.41) is 0. The van der Waals surface area contributed by atoms with Crippen molar-refractivity contribution in [3.63, 3.8) is 0 Å². The Balaban J connectivity index is -0.0000000450. The van der Waals surface area contributed by atoms with Crippen LogP contribution in [0.3, 0.4) is 0 Å². The van der Waals surface area contributed by atoms with Crippen LogP contribution in [-0.2, 0) is 34.1 Å². The quantitative estimate of drug-likeness (QED) is 0.224. The van der Waals surface area contributed by atoms with Crippen molar-refractivity contribution < 1.29 is 39.9 Å². The molecular formula is H6O9S3Sb. The topological polar surface area (TPSA) is 173 Å². The van der Waals surface area contributed by atoms with Crippen LogP contribution in [0.15, 0.2) is 0 Å². The number of hydrogen-bond donors (Lipinski definition) is 6. The summed E-state index contributed by atoms with van der Waals surface area (Å²) in [6.07, 6.45) is 0. The van der Waals surface area contributed by atoms with Gasteiger partial charge in [-0.3, -0.25) is 27.3 Å². The molecule has 3 radical (unpaired) electrons. The first kappa shape index (κ1) is 23.7. The van der Waals surface area contributed by atoms with E-state index in [0.29, 0.717) is 0 Å². The van der Waals surface area contributed by atoms with Gasteiger partial charge < -0.3 is 0 Å². The normalized spacial score (nSPS) is 8.08. The Kier molecular flexibility index (Phi) is 34.1. The summed E-state index contributed by atoms with van der Waals surface area (Å²) in [7, 11) is 0. The van der Waals surface area contributed by atoms with Gasteiger partial charge in [0, 0.05) is 24.4 Å². The molecule has 0 saturated carbocycles. The van der Waals surface area contributed by atoms with Crippen molar-refractivity contribution in [2.24, 2.45) is 0 Å².